The Balaban J connectivity index is 0.000000209. The number of urea groups is 1. The Morgan fingerprint density at radius 3 is 1.55 bits per heavy atom. The summed E-state index contributed by atoms with van der Waals surface area (Å²) in [4.78, 5) is 67.9. The highest BCUT2D eigenvalue weighted by Gasteiger charge is 2.41. The van der Waals surface area contributed by atoms with Gasteiger partial charge in [-0.15, -0.1) is 0 Å². The Bertz CT molecular complexity index is 2430. The molecular formula is C51H71N7O6. The Morgan fingerprint density at radius 2 is 1.09 bits per heavy atom. The van der Waals surface area contributed by atoms with Crippen molar-refractivity contribution in [2.75, 3.05) is 73.5 Å². The van der Waals surface area contributed by atoms with Crippen molar-refractivity contribution in [3.63, 3.8) is 0 Å². The van der Waals surface area contributed by atoms with Crippen LogP contribution in [0.5, 0.6) is 0 Å². The maximum Gasteiger partial charge on any atom is 0.342 e. The SMILES string of the molecule is CC(C)OC(=O)C1=CN(C(=O)C2CC[N+](C)(C)CC2)CC(C)(C)c2c1[nH]c1ccccc21.CC(C)OC(=O)C1=CN(C(=O)N2CCN(C)CC2)CC(C)(C)c2c1[nH]c1ccccc21.[CH3-]. The number of nitrogens with one attached hydrogen (secondary N) is 2. The van der Waals surface area contributed by atoms with Crippen LogP contribution in [-0.2, 0) is 34.7 Å². The topological polar surface area (TPSA) is 131 Å². The number of hydrogen-bond acceptors (Lipinski definition) is 7. The quantitative estimate of drug-likeness (QED) is 0.118. The maximum atomic E-state index is 13.6. The van der Waals surface area contributed by atoms with Crippen LogP contribution in [0, 0.1) is 13.3 Å². The number of ether oxygens (including phenoxy) is 2. The van der Waals surface area contributed by atoms with Gasteiger partial charge >= 0.3 is 18.0 Å². The second-order valence-corrected chi connectivity index (χ2v) is 20.4. The highest BCUT2D eigenvalue weighted by atomic mass is 16.5. The number of H-pyrrole nitrogens is 2. The van der Waals surface area contributed by atoms with E-state index in [1.165, 1.54) is 0 Å². The van der Waals surface area contributed by atoms with Gasteiger partial charge in [0.2, 0.25) is 5.91 Å². The lowest BCUT2D eigenvalue weighted by Gasteiger charge is -2.38. The summed E-state index contributed by atoms with van der Waals surface area (Å²) < 4.78 is 12.1. The molecule has 2 saturated heterocycles. The summed E-state index contributed by atoms with van der Waals surface area (Å²) in [6.07, 6.45) is 4.68. The highest BCUT2D eigenvalue weighted by molar-refractivity contribution is 6.19. The number of aromatic nitrogens is 2. The molecule has 346 valence electrons. The third-order valence-electron chi connectivity index (χ3n) is 12.9. The molecule has 8 rings (SSSR count). The molecule has 2 aromatic heterocycles. The van der Waals surface area contributed by atoms with E-state index in [0.29, 0.717) is 37.3 Å². The first-order valence-electron chi connectivity index (χ1n) is 22.6. The van der Waals surface area contributed by atoms with Crippen molar-refractivity contribution in [2.24, 2.45) is 5.92 Å². The van der Waals surface area contributed by atoms with Crippen LogP contribution >= 0.6 is 0 Å². The zero-order valence-corrected chi connectivity index (χ0v) is 40.3. The number of carbonyl (C=O) groups excluding carboxylic acids is 4. The van der Waals surface area contributed by atoms with Gasteiger partial charge < -0.3 is 46.1 Å². The van der Waals surface area contributed by atoms with E-state index in [1.54, 1.807) is 22.2 Å². The minimum Gasteiger partial charge on any atom is -0.459 e. The fraction of sp³-hybridized carbons (Fsp3) is 0.510. The number of likely N-dealkylation sites (N-methyl/N-ethyl adjacent to an activating group) is 1. The summed E-state index contributed by atoms with van der Waals surface area (Å²) in [5.41, 5.74) is 5.69. The minimum absolute atomic E-state index is 0. The second kappa shape index (κ2) is 18.6. The van der Waals surface area contributed by atoms with Crippen LogP contribution < -0.4 is 0 Å². The van der Waals surface area contributed by atoms with E-state index in [0.717, 1.165) is 87.8 Å². The molecule has 3 amide bonds. The molecule has 6 heterocycles. The van der Waals surface area contributed by atoms with Crippen molar-refractivity contribution in [3.05, 3.63) is 90.9 Å². The van der Waals surface area contributed by atoms with Gasteiger partial charge in [-0.2, -0.15) is 0 Å². The molecule has 0 bridgehead atoms. The lowest BCUT2D eigenvalue weighted by atomic mass is 9.81. The predicted molar refractivity (Wildman–Crippen MR) is 255 cm³/mol. The van der Waals surface area contributed by atoms with Crippen LogP contribution in [0.25, 0.3) is 33.0 Å². The van der Waals surface area contributed by atoms with Gasteiger partial charge in [-0.1, -0.05) is 64.1 Å². The molecule has 4 aromatic rings. The van der Waals surface area contributed by atoms with Gasteiger partial charge in [-0.3, -0.25) is 9.69 Å². The number of benzene rings is 2. The van der Waals surface area contributed by atoms with Crippen LogP contribution in [0.4, 0.5) is 4.79 Å². The molecule has 64 heavy (non-hydrogen) atoms. The third-order valence-corrected chi connectivity index (χ3v) is 12.9. The van der Waals surface area contributed by atoms with Gasteiger partial charge in [0.1, 0.15) is 0 Å². The van der Waals surface area contributed by atoms with Crippen molar-refractivity contribution >= 4 is 56.8 Å². The first-order chi connectivity index (χ1) is 29.7. The number of quaternary nitrogens is 1. The summed E-state index contributed by atoms with van der Waals surface area (Å²) in [6, 6.07) is 16.1. The number of para-hydroxylation sites is 2. The molecule has 2 fully saturated rings. The number of likely N-dealkylation sites (tertiary alicyclic amines) is 1. The number of aromatic amines is 2. The molecule has 4 aliphatic heterocycles. The summed E-state index contributed by atoms with van der Waals surface area (Å²) in [5, 5.41) is 2.15. The first-order valence-corrected chi connectivity index (χ1v) is 22.6. The minimum atomic E-state index is -0.420. The molecular weight excluding hydrogens is 807 g/mol. The normalized spacial score (nSPS) is 19.6. The Labute approximate surface area is 380 Å². The van der Waals surface area contributed by atoms with Crippen molar-refractivity contribution in [3.8, 4) is 0 Å². The van der Waals surface area contributed by atoms with Gasteiger partial charge in [0.25, 0.3) is 0 Å². The Kier molecular flexibility index (Phi) is 14.0. The molecule has 2 N–H and O–H groups in total. The predicted octanol–water partition coefficient (Wildman–Crippen LogP) is 7.94. The van der Waals surface area contributed by atoms with E-state index in [4.69, 9.17) is 9.47 Å². The zero-order valence-electron chi connectivity index (χ0n) is 40.3. The van der Waals surface area contributed by atoms with E-state index >= 15 is 0 Å². The lowest BCUT2D eigenvalue weighted by Crippen LogP contribution is -2.52. The summed E-state index contributed by atoms with van der Waals surface area (Å²) in [7, 11) is 6.49. The van der Waals surface area contributed by atoms with Gasteiger partial charge in [-0.05, 0) is 58.0 Å². The first kappa shape index (κ1) is 48.1. The number of fused-ring (bicyclic) bond motifs is 6. The molecule has 13 heteroatoms. The van der Waals surface area contributed by atoms with Gasteiger partial charge in [0.05, 0.1) is 61.9 Å². The molecule has 4 aliphatic rings. The molecule has 0 unspecified atom stereocenters. The highest BCUT2D eigenvalue weighted by Crippen LogP contribution is 2.42. The molecule has 0 aliphatic carbocycles. The molecule has 0 atom stereocenters. The number of piperazine rings is 1. The summed E-state index contributed by atoms with van der Waals surface area (Å²) >= 11 is 0. The summed E-state index contributed by atoms with van der Waals surface area (Å²) in [5.74, 6) is -0.715. The number of amides is 3. The monoisotopic (exact) mass is 878 g/mol. The summed E-state index contributed by atoms with van der Waals surface area (Å²) in [6.45, 7) is 21.9. The van der Waals surface area contributed by atoms with Gasteiger partial charge in [-0.25, -0.2) is 14.4 Å². The van der Waals surface area contributed by atoms with Crippen LogP contribution in [0.1, 0.15) is 90.7 Å². The number of hydrogen-bond donors (Lipinski definition) is 2. The Morgan fingerprint density at radius 1 is 0.672 bits per heavy atom. The number of esters is 2. The average molecular weight is 878 g/mol. The number of carbonyl (C=O) groups is 4. The van der Waals surface area contributed by atoms with Crippen LogP contribution in [0.15, 0.2) is 60.9 Å². The average Bonchev–Trinajstić information content (AvgIpc) is 3.74. The fourth-order valence-electron chi connectivity index (χ4n) is 9.69. The van der Waals surface area contributed by atoms with Gasteiger partial charge in [0, 0.05) is 103 Å². The van der Waals surface area contributed by atoms with E-state index in [1.807, 2.05) is 69.0 Å². The van der Waals surface area contributed by atoms with E-state index in [2.05, 4.69) is 75.8 Å². The standard InChI is InChI=1S/C26H36N3O3.C24H32N4O3.CH3/c1-17(2)32-25(31)20-15-28(24(30)18-11-13-29(5,6)14-12-18)16-26(3,4)22-19-9-7-8-10-21(19)27-23(20)22;1-16(2)31-22(29)18-14-28(23(30)27-12-10-26(5)11-13-27)15-24(3,4)20-17-8-6-7-9-19(17)25-21(18)20;/h7-10,15,17-18,27H,11-14,16H2,1-6H3;6-9,14,16,25H,10-13,15H2,1-5H3;1H3/q+1;;-1. The smallest absolute Gasteiger partial charge is 0.342 e. The number of rotatable bonds is 5. The van der Waals surface area contributed by atoms with Crippen molar-refractivity contribution in [1.29, 1.82) is 0 Å². The zero-order chi connectivity index (χ0) is 45.6. The lowest BCUT2D eigenvalue weighted by molar-refractivity contribution is -0.895. The van der Waals surface area contributed by atoms with E-state index in [-0.39, 0.29) is 48.3 Å². The van der Waals surface area contributed by atoms with Gasteiger partial charge in [0.15, 0.2) is 0 Å². The largest absolute Gasteiger partial charge is 0.459 e. The molecule has 0 radical (unpaired) electrons. The second-order valence-electron chi connectivity index (χ2n) is 20.4. The molecule has 0 spiro atoms. The van der Waals surface area contributed by atoms with Crippen molar-refractivity contribution < 1.29 is 33.1 Å². The van der Waals surface area contributed by atoms with Crippen molar-refractivity contribution in [2.45, 2.75) is 91.3 Å². The van der Waals surface area contributed by atoms with E-state index < -0.39 is 11.9 Å². The van der Waals surface area contributed by atoms with Crippen LogP contribution in [0.2, 0.25) is 0 Å². The fourth-order valence-corrected chi connectivity index (χ4v) is 9.69. The number of piperidine rings is 1. The molecule has 0 saturated carbocycles. The maximum absolute atomic E-state index is 13.6. The van der Waals surface area contributed by atoms with E-state index in [9.17, 15) is 19.2 Å². The van der Waals surface area contributed by atoms with Crippen LogP contribution in [-0.4, -0.2) is 144 Å². The number of nitrogens with zero attached hydrogens (tertiary/aromatic N) is 5. The molecule has 2 aromatic carbocycles. The molecule has 13 nitrogen and oxygen atoms in total. The third kappa shape index (κ3) is 9.95. The Hall–Kier alpha value is -5.40. The van der Waals surface area contributed by atoms with Crippen molar-refractivity contribution in [1.82, 2.24) is 29.6 Å². The van der Waals surface area contributed by atoms with Crippen LogP contribution in [0.3, 0.4) is 0 Å².